The monoisotopic (exact) mass is 314 g/mol. The molecule has 1 aromatic heterocycles. The standard InChI is InChI=1S/C15H23BrO2/c1-2-3-4-5-6-7-8-9-10-14(17)13-11-12-18-15(13)16/h11-12H,2-10H2,1H3. The number of hydrogen-bond donors (Lipinski definition) is 0. The molecule has 0 aliphatic heterocycles. The number of ketones is 1. The van der Waals surface area contributed by atoms with Crippen LogP contribution in [0.4, 0.5) is 0 Å². The van der Waals surface area contributed by atoms with Gasteiger partial charge in [0.2, 0.25) is 0 Å². The number of unbranched alkanes of at least 4 members (excludes halogenated alkanes) is 7. The summed E-state index contributed by atoms with van der Waals surface area (Å²) in [5.74, 6) is 0.182. The molecule has 0 atom stereocenters. The second-order valence-corrected chi connectivity index (χ2v) is 5.48. The highest BCUT2D eigenvalue weighted by Crippen LogP contribution is 2.20. The maximum Gasteiger partial charge on any atom is 0.179 e. The number of hydrogen-bond acceptors (Lipinski definition) is 2. The highest BCUT2D eigenvalue weighted by atomic mass is 79.9. The Morgan fingerprint density at radius 2 is 1.72 bits per heavy atom. The van der Waals surface area contributed by atoms with Gasteiger partial charge in [0.15, 0.2) is 10.5 Å². The van der Waals surface area contributed by atoms with Gasteiger partial charge in [0, 0.05) is 6.42 Å². The lowest BCUT2D eigenvalue weighted by Gasteiger charge is -2.01. The van der Waals surface area contributed by atoms with E-state index >= 15 is 0 Å². The van der Waals surface area contributed by atoms with E-state index in [4.69, 9.17) is 4.42 Å². The van der Waals surface area contributed by atoms with Gasteiger partial charge in [-0.1, -0.05) is 51.9 Å². The van der Waals surface area contributed by atoms with E-state index in [2.05, 4.69) is 22.9 Å². The summed E-state index contributed by atoms with van der Waals surface area (Å²) >= 11 is 3.24. The van der Waals surface area contributed by atoms with E-state index in [1.54, 1.807) is 12.3 Å². The molecule has 0 bridgehead atoms. The smallest absolute Gasteiger partial charge is 0.179 e. The first-order chi connectivity index (χ1) is 8.75. The Hall–Kier alpha value is -0.570. The van der Waals surface area contributed by atoms with Crippen LogP contribution in [0, 0.1) is 0 Å². The largest absolute Gasteiger partial charge is 0.457 e. The van der Waals surface area contributed by atoms with E-state index in [0.29, 0.717) is 16.7 Å². The van der Waals surface area contributed by atoms with Gasteiger partial charge in [0.25, 0.3) is 0 Å². The van der Waals surface area contributed by atoms with Crippen LogP contribution >= 0.6 is 15.9 Å². The van der Waals surface area contributed by atoms with Gasteiger partial charge in [-0.25, -0.2) is 0 Å². The Morgan fingerprint density at radius 3 is 2.28 bits per heavy atom. The molecule has 0 amide bonds. The number of carbonyl (C=O) groups is 1. The van der Waals surface area contributed by atoms with E-state index < -0.39 is 0 Å². The minimum absolute atomic E-state index is 0.182. The van der Waals surface area contributed by atoms with Crippen LogP contribution in [0.25, 0.3) is 0 Å². The predicted molar refractivity (Wildman–Crippen MR) is 78.0 cm³/mol. The summed E-state index contributed by atoms with van der Waals surface area (Å²) in [6.45, 7) is 2.24. The third-order valence-corrected chi connectivity index (χ3v) is 3.79. The summed E-state index contributed by atoms with van der Waals surface area (Å²) in [5.41, 5.74) is 0.679. The van der Waals surface area contributed by atoms with Gasteiger partial charge < -0.3 is 4.42 Å². The molecule has 0 aliphatic rings. The molecular weight excluding hydrogens is 292 g/mol. The molecule has 0 aliphatic carbocycles. The summed E-state index contributed by atoms with van der Waals surface area (Å²) < 4.78 is 5.63. The van der Waals surface area contributed by atoms with Crippen LogP contribution in [0.2, 0.25) is 0 Å². The zero-order chi connectivity index (χ0) is 13.2. The quantitative estimate of drug-likeness (QED) is 0.406. The highest BCUT2D eigenvalue weighted by molar-refractivity contribution is 9.10. The maximum absolute atomic E-state index is 11.8. The first-order valence-corrected chi connectivity index (χ1v) is 7.81. The average molecular weight is 315 g/mol. The number of furan rings is 1. The van der Waals surface area contributed by atoms with Crippen LogP contribution in [-0.2, 0) is 0 Å². The number of carbonyl (C=O) groups excluding carboxylic acids is 1. The van der Waals surface area contributed by atoms with Gasteiger partial charge in [-0.3, -0.25) is 4.79 Å². The molecule has 0 saturated carbocycles. The summed E-state index contributed by atoms with van der Waals surface area (Å²) in [6.07, 6.45) is 12.2. The van der Waals surface area contributed by atoms with Gasteiger partial charge >= 0.3 is 0 Å². The van der Waals surface area contributed by atoms with Crippen molar-refractivity contribution >= 4 is 21.7 Å². The fraction of sp³-hybridized carbons (Fsp3) is 0.667. The molecule has 0 radical (unpaired) electrons. The summed E-state index contributed by atoms with van der Waals surface area (Å²) in [4.78, 5) is 11.8. The first-order valence-electron chi connectivity index (χ1n) is 7.02. The highest BCUT2D eigenvalue weighted by Gasteiger charge is 2.11. The molecule has 3 heteroatoms. The lowest BCUT2D eigenvalue weighted by atomic mass is 10.0. The second kappa shape index (κ2) is 9.37. The summed E-state index contributed by atoms with van der Waals surface area (Å²) in [6, 6.07) is 1.73. The van der Waals surface area contributed by atoms with E-state index in [1.807, 2.05) is 0 Å². The van der Waals surface area contributed by atoms with Crippen molar-refractivity contribution in [2.24, 2.45) is 0 Å². The topological polar surface area (TPSA) is 30.2 Å². The molecule has 1 aromatic rings. The number of rotatable bonds is 10. The van der Waals surface area contributed by atoms with Crippen molar-refractivity contribution in [3.05, 3.63) is 22.6 Å². The lowest BCUT2D eigenvalue weighted by Crippen LogP contribution is -1.97. The van der Waals surface area contributed by atoms with Crippen molar-refractivity contribution < 1.29 is 9.21 Å². The minimum atomic E-state index is 0.182. The molecule has 18 heavy (non-hydrogen) atoms. The molecule has 0 saturated heterocycles. The summed E-state index contributed by atoms with van der Waals surface area (Å²) in [7, 11) is 0. The van der Waals surface area contributed by atoms with E-state index in [0.717, 1.165) is 12.8 Å². The third-order valence-electron chi connectivity index (χ3n) is 3.18. The summed E-state index contributed by atoms with van der Waals surface area (Å²) in [5, 5.41) is 0. The average Bonchev–Trinajstić information content (AvgIpc) is 2.79. The molecule has 0 fully saturated rings. The Balaban J connectivity index is 2.01. The number of halogens is 1. The predicted octanol–water partition coefficient (Wildman–Crippen LogP) is 5.76. The van der Waals surface area contributed by atoms with E-state index in [-0.39, 0.29) is 5.78 Å². The van der Waals surface area contributed by atoms with Crippen molar-refractivity contribution in [2.45, 2.75) is 64.7 Å². The van der Waals surface area contributed by atoms with Crippen LogP contribution < -0.4 is 0 Å². The molecule has 2 nitrogen and oxygen atoms in total. The number of Topliss-reactive ketones (excluding diaryl/α,β-unsaturated/α-hetero) is 1. The van der Waals surface area contributed by atoms with Gasteiger partial charge in [0.1, 0.15) is 0 Å². The van der Waals surface area contributed by atoms with Gasteiger partial charge in [0.05, 0.1) is 11.8 Å². The molecule has 0 unspecified atom stereocenters. The molecule has 0 aromatic carbocycles. The molecular formula is C15H23BrO2. The fourth-order valence-corrected chi connectivity index (χ4v) is 2.51. The van der Waals surface area contributed by atoms with Crippen LogP contribution in [-0.4, -0.2) is 5.78 Å². The normalized spacial score (nSPS) is 10.8. The third kappa shape index (κ3) is 5.85. The van der Waals surface area contributed by atoms with Crippen LogP contribution in [0.15, 0.2) is 21.4 Å². The molecule has 1 rings (SSSR count). The lowest BCUT2D eigenvalue weighted by molar-refractivity contribution is 0.0977. The minimum Gasteiger partial charge on any atom is -0.457 e. The van der Waals surface area contributed by atoms with Gasteiger partial charge in [-0.05, 0) is 28.4 Å². The molecule has 1 heterocycles. The fourth-order valence-electron chi connectivity index (χ4n) is 2.05. The van der Waals surface area contributed by atoms with E-state index in [9.17, 15) is 4.79 Å². The molecule has 0 N–H and O–H groups in total. The van der Waals surface area contributed by atoms with Crippen LogP contribution in [0.5, 0.6) is 0 Å². The van der Waals surface area contributed by atoms with Crippen molar-refractivity contribution in [1.82, 2.24) is 0 Å². The molecule has 0 spiro atoms. The van der Waals surface area contributed by atoms with E-state index in [1.165, 1.54) is 38.5 Å². The van der Waals surface area contributed by atoms with Crippen LogP contribution in [0.3, 0.4) is 0 Å². The van der Waals surface area contributed by atoms with Crippen molar-refractivity contribution in [1.29, 1.82) is 0 Å². The Morgan fingerprint density at radius 1 is 1.11 bits per heavy atom. The van der Waals surface area contributed by atoms with Crippen molar-refractivity contribution in [3.8, 4) is 0 Å². The zero-order valence-electron chi connectivity index (χ0n) is 11.2. The Bertz CT molecular complexity index is 344. The van der Waals surface area contributed by atoms with Crippen LogP contribution in [0.1, 0.15) is 75.1 Å². The SMILES string of the molecule is CCCCCCCCCCC(=O)c1ccoc1Br. The van der Waals surface area contributed by atoms with Crippen molar-refractivity contribution in [2.75, 3.05) is 0 Å². The Labute approximate surface area is 118 Å². The van der Waals surface area contributed by atoms with Crippen molar-refractivity contribution in [3.63, 3.8) is 0 Å². The van der Waals surface area contributed by atoms with Gasteiger partial charge in [-0.15, -0.1) is 0 Å². The second-order valence-electron chi connectivity index (χ2n) is 4.76. The first kappa shape index (κ1) is 15.5. The maximum atomic E-state index is 11.8. The molecule has 102 valence electrons. The Kier molecular flexibility index (Phi) is 8.06. The zero-order valence-corrected chi connectivity index (χ0v) is 12.8. The van der Waals surface area contributed by atoms with Gasteiger partial charge in [-0.2, -0.15) is 0 Å².